The molecule has 1 aliphatic heterocycles. The largest absolute Gasteiger partial charge is 0.506 e. The number of alkyl halides is 3. The molecule has 11 heteroatoms. The Morgan fingerprint density at radius 3 is 2.35 bits per heavy atom. The average Bonchev–Trinajstić information content (AvgIpc) is 2.54. The van der Waals surface area contributed by atoms with Crippen LogP contribution in [0.15, 0.2) is 46.4 Å². The minimum absolute atomic E-state index is 0.00554. The molecule has 1 aromatic rings. The minimum Gasteiger partial charge on any atom is -0.506 e. The number of nitrogens with zero attached hydrogens (tertiary/aromatic N) is 1. The Labute approximate surface area is 149 Å². The van der Waals surface area contributed by atoms with Crippen LogP contribution in [0.3, 0.4) is 0 Å². The molecular formula is C15H16F3NO5S2. The monoisotopic (exact) mass is 411 g/mol. The molecule has 1 atom stereocenters. The molecule has 0 spiro atoms. The van der Waals surface area contributed by atoms with Crippen LogP contribution in [-0.4, -0.2) is 39.2 Å². The smallest absolute Gasteiger partial charge is 0.501 e. The summed E-state index contributed by atoms with van der Waals surface area (Å²) in [6, 6.07) is 1.28. The van der Waals surface area contributed by atoms with Crippen LogP contribution in [0.5, 0.6) is 5.75 Å². The number of sulfone groups is 2. The van der Waals surface area contributed by atoms with Crippen LogP contribution in [0.4, 0.5) is 18.9 Å². The molecule has 1 aromatic carbocycles. The molecule has 1 unspecified atom stereocenters. The number of halogens is 3. The first-order valence-corrected chi connectivity index (χ1v) is 10.5. The lowest BCUT2D eigenvalue weighted by atomic mass is 10.1. The van der Waals surface area contributed by atoms with Crippen LogP contribution in [-0.2, 0) is 19.7 Å². The second kappa shape index (κ2) is 6.62. The van der Waals surface area contributed by atoms with E-state index < -0.39 is 41.9 Å². The molecule has 0 radical (unpaired) electrons. The predicted molar refractivity (Wildman–Crippen MR) is 90.0 cm³/mol. The van der Waals surface area contributed by atoms with Gasteiger partial charge in [-0.3, -0.25) is 0 Å². The Kier molecular flexibility index (Phi) is 5.17. The number of rotatable bonds is 4. The average molecular weight is 411 g/mol. The molecule has 0 saturated carbocycles. The Balaban J connectivity index is 2.56. The normalized spacial score (nSPS) is 18.7. The van der Waals surface area contributed by atoms with Gasteiger partial charge in [0.1, 0.15) is 5.75 Å². The summed E-state index contributed by atoms with van der Waals surface area (Å²) in [6.07, 6.45) is 4.05. The van der Waals surface area contributed by atoms with Gasteiger partial charge in [-0.25, -0.2) is 16.8 Å². The van der Waals surface area contributed by atoms with Crippen molar-refractivity contribution < 1.29 is 35.1 Å². The summed E-state index contributed by atoms with van der Waals surface area (Å²) in [5.41, 5.74) is -5.75. The lowest BCUT2D eigenvalue weighted by molar-refractivity contribution is -0.0436. The molecule has 0 aromatic heterocycles. The fourth-order valence-electron chi connectivity index (χ4n) is 2.47. The van der Waals surface area contributed by atoms with Crippen molar-refractivity contribution in [1.29, 1.82) is 0 Å². The van der Waals surface area contributed by atoms with E-state index in [-0.39, 0.29) is 16.3 Å². The Morgan fingerprint density at radius 2 is 1.81 bits per heavy atom. The van der Waals surface area contributed by atoms with Crippen molar-refractivity contribution in [2.24, 2.45) is 0 Å². The van der Waals surface area contributed by atoms with Crippen LogP contribution < -0.4 is 4.90 Å². The fourth-order valence-corrected chi connectivity index (χ4v) is 4.50. The number of phenolic OH excluding ortho intramolecular Hbond substituents is 1. The fraction of sp³-hybridized carbons (Fsp3) is 0.333. The van der Waals surface area contributed by atoms with Crippen molar-refractivity contribution in [3.8, 4) is 5.75 Å². The summed E-state index contributed by atoms with van der Waals surface area (Å²) >= 11 is 0. The number of allylic oxidation sites excluding steroid dienone is 2. The zero-order valence-electron chi connectivity index (χ0n) is 13.7. The first-order chi connectivity index (χ1) is 11.8. The van der Waals surface area contributed by atoms with Crippen molar-refractivity contribution in [3.63, 3.8) is 0 Å². The number of phenols is 1. The number of hydrogen-bond acceptors (Lipinski definition) is 6. The van der Waals surface area contributed by atoms with Crippen LogP contribution in [0, 0.1) is 0 Å². The number of benzene rings is 1. The summed E-state index contributed by atoms with van der Waals surface area (Å²) in [7, 11) is -9.21. The molecule has 1 heterocycles. The van der Waals surface area contributed by atoms with E-state index in [1.807, 2.05) is 0 Å². The van der Waals surface area contributed by atoms with Crippen LogP contribution in [0.2, 0.25) is 0 Å². The number of anilines is 1. The topological polar surface area (TPSA) is 91.8 Å². The standard InChI is InChI=1S/C15H16F3NO5S2/c1-3-25(21,22)14-5-4-8-19(10(14)2)12-9-11(6-7-13(12)20)26(23,24)15(16,17)18/h4-10,20H,3H2,1-2H3. The quantitative estimate of drug-likeness (QED) is 0.819. The third kappa shape index (κ3) is 3.45. The van der Waals surface area contributed by atoms with Crippen LogP contribution >= 0.6 is 0 Å². The van der Waals surface area contributed by atoms with E-state index in [4.69, 9.17) is 0 Å². The molecule has 0 fully saturated rings. The van der Waals surface area contributed by atoms with Gasteiger partial charge in [0.15, 0.2) is 9.84 Å². The van der Waals surface area contributed by atoms with Gasteiger partial charge in [-0.1, -0.05) is 6.92 Å². The zero-order valence-corrected chi connectivity index (χ0v) is 15.4. The van der Waals surface area contributed by atoms with Crippen molar-refractivity contribution in [2.45, 2.75) is 30.3 Å². The Hall–Kier alpha value is -2.01. The molecule has 0 aliphatic carbocycles. The van der Waals surface area contributed by atoms with E-state index in [0.29, 0.717) is 12.1 Å². The van der Waals surface area contributed by atoms with Gasteiger partial charge >= 0.3 is 5.51 Å². The van der Waals surface area contributed by atoms with Gasteiger partial charge in [0.2, 0.25) is 0 Å². The lowest BCUT2D eigenvalue weighted by Crippen LogP contribution is -2.35. The van der Waals surface area contributed by atoms with E-state index in [1.165, 1.54) is 37.1 Å². The summed E-state index contributed by atoms with van der Waals surface area (Å²) < 4.78 is 85.8. The van der Waals surface area contributed by atoms with E-state index >= 15 is 0 Å². The second-order valence-corrected chi connectivity index (χ2v) is 9.72. The highest BCUT2D eigenvalue weighted by Crippen LogP contribution is 2.38. The summed E-state index contributed by atoms with van der Waals surface area (Å²) in [4.78, 5) is 0.159. The molecule has 0 saturated heterocycles. The van der Waals surface area contributed by atoms with E-state index in [2.05, 4.69) is 0 Å². The number of aromatic hydroxyl groups is 1. The second-order valence-electron chi connectivity index (χ2n) is 5.50. The van der Waals surface area contributed by atoms with Gasteiger partial charge in [-0.05, 0) is 37.3 Å². The highest BCUT2D eigenvalue weighted by molar-refractivity contribution is 7.95. The SMILES string of the molecule is CCS(=O)(=O)C1=CC=CN(c2cc(S(=O)(=O)C(F)(F)F)ccc2O)C1C. The van der Waals surface area contributed by atoms with E-state index in [9.17, 15) is 35.1 Å². The first-order valence-electron chi connectivity index (χ1n) is 7.36. The third-order valence-electron chi connectivity index (χ3n) is 3.92. The molecular weight excluding hydrogens is 395 g/mol. The van der Waals surface area contributed by atoms with Gasteiger partial charge < -0.3 is 10.0 Å². The van der Waals surface area contributed by atoms with Gasteiger partial charge in [0.25, 0.3) is 9.84 Å². The Morgan fingerprint density at radius 1 is 1.19 bits per heavy atom. The maximum Gasteiger partial charge on any atom is 0.501 e. The zero-order chi connectivity index (χ0) is 19.9. The van der Waals surface area contributed by atoms with Gasteiger partial charge in [0, 0.05) is 6.20 Å². The van der Waals surface area contributed by atoms with Crippen molar-refractivity contribution in [2.75, 3.05) is 10.7 Å². The van der Waals surface area contributed by atoms with E-state index in [0.717, 1.165) is 6.07 Å². The molecule has 2 rings (SSSR count). The molecule has 1 aliphatic rings. The van der Waals surface area contributed by atoms with E-state index in [1.54, 1.807) is 0 Å². The molecule has 0 bridgehead atoms. The molecule has 1 N–H and O–H groups in total. The highest BCUT2D eigenvalue weighted by atomic mass is 32.2. The molecule has 6 nitrogen and oxygen atoms in total. The minimum atomic E-state index is -5.61. The third-order valence-corrected chi connectivity index (χ3v) is 7.35. The molecule has 144 valence electrons. The highest BCUT2D eigenvalue weighted by Gasteiger charge is 2.47. The predicted octanol–water partition coefficient (Wildman–Crippen LogP) is 2.73. The van der Waals surface area contributed by atoms with Gasteiger partial charge in [0.05, 0.1) is 27.3 Å². The first kappa shape index (κ1) is 20.3. The maximum atomic E-state index is 12.8. The van der Waals surface area contributed by atoms with Crippen LogP contribution in [0.25, 0.3) is 0 Å². The van der Waals surface area contributed by atoms with Crippen LogP contribution in [0.1, 0.15) is 13.8 Å². The summed E-state index contributed by atoms with van der Waals surface area (Å²) in [6.45, 7) is 2.92. The molecule has 0 amide bonds. The summed E-state index contributed by atoms with van der Waals surface area (Å²) in [5, 5.41) is 10.00. The molecule has 26 heavy (non-hydrogen) atoms. The lowest BCUT2D eigenvalue weighted by Gasteiger charge is -2.32. The van der Waals surface area contributed by atoms with Crippen molar-refractivity contribution >= 4 is 25.4 Å². The maximum absolute atomic E-state index is 12.8. The summed E-state index contributed by atoms with van der Waals surface area (Å²) in [5.74, 6) is -0.669. The van der Waals surface area contributed by atoms with Crippen molar-refractivity contribution in [1.82, 2.24) is 0 Å². The number of hydrogen-bond donors (Lipinski definition) is 1. The van der Waals surface area contributed by atoms with Gasteiger partial charge in [-0.15, -0.1) is 0 Å². The van der Waals surface area contributed by atoms with Gasteiger partial charge in [-0.2, -0.15) is 13.2 Å². The van der Waals surface area contributed by atoms with Crippen molar-refractivity contribution in [3.05, 3.63) is 41.5 Å². The Bertz CT molecular complexity index is 979.